The Hall–Kier alpha value is -12.6. The van der Waals surface area contributed by atoms with Crippen molar-refractivity contribution in [1.82, 2.24) is 42.4 Å². The van der Waals surface area contributed by atoms with Crippen molar-refractivity contribution in [2.45, 2.75) is 0 Å². The predicted molar refractivity (Wildman–Crippen MR) is 421 cm³/mol. The van der Waals surface area contributed by atoms with E-state index >= 15 is 0 Å². The Balaban J connectivity index is 0.000000103. The molecule has 100 heavy (non-hydrogen) atoms. The smallest absolute Gasteiger partial charge is 0.235 e. The maximum Gasteiger partial charge on any atom is 0.235 e. The SMILES string of the molecule is c1ccc(-c2c(-c3ccc(-n4c5ccccc5c5c6sccc6ccc54)cc3)nc3ccccn23)cc1.c1ccc(-c2nc3ccccn3c2-c2ccc(-n3c4ccccc4c4c5sccc5ccc43)cc2)cc1.c1ccc2nc(-n3c4ccccc4c4c5sccc5ccc43)ncc2c1. The molecule has 9 nitrogen and oxygen atoms in total. The first-order chi connectivity index (χ1) is 49.6. The fourth-order valence-corrected chi connectivity index (χ4v) is 17.8. The summed E-state index contributed by atoms with van der Waals surface area (Å²) in [6, 6.07) is 105. The zero-order chi connectivity index (χ0) is 65.8. The van der Waals surface area contributed by atoms with Crippen LogP contribution in [0.5, 0.6) is 0 Å². The summed E-state index contributed by atoms with van der Waals surface area (Å²) < 4.78 is 15.3. The van der Waals surface area contributed by atoms with E-state index in [2.05, 4.69) is 311 Å². The van der Waals surface area contributed by atoms with Crippen LogP contribution in [0.15, 0.2) is 332 Å². The summed E-state index contributed by atoms with van der Waals surface area (Å²) in [4.78, 5) is 19.5. The van der Waals surface area contributed by atoms with Crippen molar-refractivity contribution in [2.75, 3.05) is 0 Å². The molecule has 0 N–H and O–H groups in total. The van der Waals surface area contributed by atoms with Crippen LogP contribution < -0.4 is 0 Å². The van der Waals surface area contributed by atoms with Crippen molar-refractivity contribution in [2.24, 2.45) is 0 Å². The number of thiophene rings is 3. The zero-order valence-corrected chi connectivity index (χ0v) is 56.0. The number of nitrogens with zero attached hydrogens (tertiary/aromatic N) is 9. The van der Waals surface area contributed by atoms with Gasteiger partial charge in [0.1, 0.15) is 11.3 Å². The van der Waals surface area contributed by atoms with Gasteiger partial charge in [0.05, 0.1) is 61.4 Å². The molecule has 0 fully saturated rings. The number of benzene rings is 11. The Kier molecular flexibility index (Phi) is 13.6. The second-order valence-corrected chi connectivity index (χ2v) is 27.7. The Labute approximate surface area is 584 Å². The minimum absolute atomic E-state index is 0.714. The van der Waals surface area contributed by atoms with Crippen LogP contribution in [0.4, 0.5) is 0 Å². The fourth-order valence-electron chi connectivity index (χ4n) is 15.0. The lowest BCUT2D eigenvalue weighted by molar-refractivity contribution is 1.01. The molecule has 22 rings (SSSR count). The molecule has 0 radical (unpaired) electrons. The minimum atomic E-state index is 0.714. The maximum atomic E-state index is 5.04. The van der Waals surface area contributed by atoms with E-state index in [4.69, 9.17) is 15.0 Å². The summed E-state index contributed by atoms with van der Waals surface area (Å²) in [6.07, 6.45) is 6.09. The highest BCUT2D eigenvalue weighted by Gasteiger charge is 2.22. The van der Waals surface area contributed by atoms with E-state index in [1.807, 2.05) is 71.3 Å². The standard InChI is InChI=1S/2C33H21N3S.C22H13N3S/c1-2-8-23(9-3-1)32-31(34-29-12-6-7-20-35(29)32)22-13-16-25(17-14-22)36-27-11-5-4-10-26(27)30-28(36)18-15-24-19-21-37-33(24)30;1-2-8-22(9-3-1)31-32(35-20-7-6-12-29(35)34-31)23-13-16-25(17-14-23)36-27-11-5-4-10-26(27)30-28(36)18-15-24-19-21-37-33(24)30;1-3-7-17-15(5-1)13-23-22(24-17)25-18-8-4-2-6-16(18)20-19(25)10-9-14-11-12-26-21(14)20/h2*1-21H;1-13H. The van der Waals surface area contributed by atoms with Crippen LogP contribution in [0.1, 0.15) is 0 Å². The number of para-hydroxylation sites is 4. The van der Waals surface area contributed by atoms with E-state index in [1.54, 1.807) is 11.3 Å². The molecule has 0 saturated carbocycles. The highest BCUT2D eigenvalue weighted by atomic mass is 32.1. The van der Waals surface area contributed by atoms with Gasteiger partial charge in [0.15, 0.2) is 0 Å². The monoisotopic (exact) mass is 1330 g/mol. The average Bonchev–Trinajstić information content (AvgIpc) is 1.59. The van der Waals surface area contributed by atoms with Crippen LogP contribution in [-0.4, -0.2) is 42.4 Å². The van der Waals surface area contributed by atoms with E-state index in [-0.39, 0.29) is 0 Å². The summed E-state index contributed by atoms with van der Waals surface area (Å²) in [6.45, 7) is 0. The van der Waals surface area contributed by atoms with Gasteiger partial charge in [0.25, 0.3) is 0 Å². The zero-order valence-electron chi connectivity index (χ0n) is 53.5. The molecule has 0 spiro atoms. The van der Waals surface area contributed by atoms with Crippen LogP contribution in [0.2, 0.25) is 0 Å². The van der Waals surface area contributed by atoms with Crippen LogP contribution in [0, 0.1) is 0 Å². The third-order valence-corrected chi connectivity index (χ3v) is 22.2. The number of hydrogen-bond donors (Lipinski definition) is 0. The lowest BCUT2D eigenvalue weighted by Gasteiger charge is -2.10. The van der Waals surface area contributed by atoms with Crippen molar-refractivity contribution in [1.29, 1.82) is 0 Å². The molecule has 470 valence electrons. The Morgan fingerprint density at radius 1 is 0.270 bits per heavy atom. The van der Waals surface area contributed by atoms with Crippen LogP contribution in [0.25, 0.3) is 180 Å². The number of imidazole rings is 2. The molecule has 0 atom stereocenters. The lowest BCUT2D eigenvalue weighted by Crippen LogP contribution is -2.00. The maximum absolute atomic E-state index is 5.04. The molecule has 0 saturated heterocycles. The Morgan fingerprint density at radius 3 is 1.16 bits per heavy atom. The molecule has 0 amide bonds. The second kappa shape index (κ2) is 23.6. The highest BCUT2D eigenvalue weighted by Crippen LogP contribution is 2.44. The molecule has 11 heterocycles. The van der Waals surface area contributed by atoms with E-state index < -0.39 is 0 Å². The van der Waals surface area contributed by atoms with Crippen molar-refractivity contribution in [3.05, 3.63) is 332 Å². The normalized spacial score (nSPS) is 11.8. The molecular weight excluding hydrogens is 1280 g/mol. The van der Waals surface area contributed by atoms with Crippen LogP contribution in [-0.2, 0) is 0 Å². The van der Waals surface area contributed by atoms with Crippen molar-refractivity contribution in [3.8, 4) is 62.4 Å². The van der Waals surface area contributed by atoms with E-state index in [0.29, 0.717) is 5.95 Å². The molecule has 0 aliphatic carbocycles. The third kappa shape index (κ3) is 9.33. The van der Waals surface area contributed by atoms with Gasteiger partial charge in [-0.1, -0.05) is 188 Å². The lowest BCUT2D eigenvalue weighted by atomic mass is 10.0. The van der Waals surface area contributed by atoms with E-state index in [9.17, 15) is 0 Å². The average molecular weight is 1330 g/mol. The summed E-state index contributed by atoms with van der Waals surface area (Å²) in [5.41, 5.74) is 21.1. The minimum Gasteiger partial charge on any atom is -0.309 e. The number of aromatic nitrogens is 9. The number of pyridine rings is 2. The van der Waals surface area contributed by atoms with Gasteiger partial charge in [-0.15, -0.1) is 34.0 Å². The van der Waals surface area contributed by atoms with Gasteiger partial charge in [0.2, 0.25) is 5.95 Å². The highest BCUT2D eigenvalue weighted by molar-refractivity contribution is 7.19. The molecule has 0 aliphatic heterocycles. The fraction of sp³-hybridized carbons (Fsp3) is 0. The van der Waals surface area contributed by atoms with Crippen molar-refractivity contribution in [3.63, 3.8) is 0 Å². The molecule has 22 aromatic rings. The molecule has 11 aromatic carbocycles. The number of hydrogen-bond acceptors (Lipinski definition) is 7. The first kappa shape index (κ1) is 57.6. The molecule has 0 unspecified atom stereocenters. The Morgan fingerprint density at radius 2 is 0.660 bits per heavy atom. The molecular formula is C88H55N9S3. The van der Waals surface area contributed by atoms with Gasteiger partial charge in [-0.2, -0.15) is 0 Å². The van der Waals surface area contributed by atoms with Gasteiger partial charge in [-0.05, 0) is 141 Å². The molecule has 11 aromatic heterocycles. The summed E-state index contributed by atoms with van der Waals surface area (Å²) >= 11 is 5.42. The summed E-state index contributed by atoms with van der Waals surface area (Å²) in [7, 11) is 0. The third-order valence-electron chi connectivity index (χ3n) is 19.4. The largest absolute Gasteiger partial charge is 0.309 e. The predicted octanol–water partition coefficient (Wildman–Crippen LogP) is 23.9. The van der Waals surface area contributed by atoms with Gasteiger partial charge in [-0.25, -0.2) is 19.9 Å². The number of fused-ring (bicyclic) bond motifs is 18. The Bertz CT molecular complexity index is 6900. The number of rotatable bonds is 7. The second-order valence-electron chi connectivity index (χ2n) is 25.0. The summed E-state index contributed by atoms with van der Waals surface area (Å²) in [5.74, 6) is 0.714. The first-order valence-electron chi connectivity index (χ1n) is 33.3. The molecule has 0 bridgehead atoms. The van der Waals surface area contributed by atoms with Gasteiger partial charge in [-0.3, -0.25) is 13.4 Å². The molecule has 12 heteroatoms. The van der Waals surface area contributed by atoms with Crippen LogP contribution in [0.3, 0.4) is 0 Å². The van der Waals surface area contributed by atoms with Crippen molar-refractivity contribution >= 4 is 152 Å². The van der Waals surface area contributed by atoms with Gasteiger partial charge in [0, 0.05) is 104 Å². The van der Waals surface area contributed by atoms with Crippen molar-refractivity contribution < 1.29 is 0 Å². The van der Waals surface area contributed by atoms with Crippen LogP contribution >= 0.6 is 34.0 Å². The summed E-state index contributed by atoms with van der Waals surface area (Å²) in [5, 5.41) is 19.2. The molecule has 0 aliphatic rings. The quantitative estimate of drug-likeness (QED) is 0.159. The van der Waals surface area contributed by atoms with Gasteiger partial charge < -0.3 is 9.13 Å². The van der Waals surface area contributed by atoms with Gasteiger partial charge >= 0.3 is 0 Å². The topological polar surface area (TPSA) is 75.2 Å². The van der Waals surface area contributed by atoms with E-state index in [1.165, 1.54) is 84.6 Å². The first-order valence-corrected chi connectivity index (χ1v) is 35.9. The van der Waals surface area contributed by atoms with E-state index in [0.717, 1.165) is 89.6 Å².